The molecule has 1 spiro atoms. The fraction of sp³-hybridized carbons (Fsp3) is 0.433. The van der Waals surface area contributed by atoms with Gasteiger partial charge in [-0.3, -0.25) is 9.88 Å². The summed E-state index contributed by atoms with van der Waals surface area (Å²) in [4.78, 5) is 6.42. The van der Waals surface area contributed by atoms with Crippen molar-refractivity contribution in [1.82, 2.24) is 9.88 Å². The molecular formula is C30H35FN2O3S. The van der Waals surface area contributed by atoms with Crippen molar-refractivity contribution in [3.05, 3.63) is 83.4 Å². The highest BCUT2D eigenvalue weighted by molar-refractivity contribution is 7.89. The lowest BCUT2D eigenvalue weighted by Gasteiger charge is -2.48. The molecule has 0 amide bonds. The van der Waals surface area contributed by atoms with E-state index in [0.717, 1.165) is 67.4 Å². The summed E-state index contributed by atoms with van der Waals surface area (Å²) in [7, 11) is -3.42. The van der Waals surface area contributed by atoms with Gasteiger partial charge in [0.25, 0.3) is 0 Å². The van der Waals surface area contributed by atoms with Crippen molar-refractivity contribution < 1.29 is 17.5 Å². The molecule has 1 fully saturated rings. The molecule has 7 heteroatoms. The summed E-state index contributed by atoms with van der Waals surface area (Å²) in [5.74, 6) is 0.219. The summed E-state index contributed by atoms with van der Waals surface area (Å²) in [5.41, 5.74) is 4.59. The number of piperidine rings is 1. The van der Waals surface area contributed by atoms with Gasteiger partial charge < -0.3 is 4.74 Å². The standard InChI is InChI=1S/C30H35FN2O3S/c1-29(2,3)33-16-14-30(15-17-33)13-12-25-18-24(8-11-28(25)36-30)23-6-4-22(5-7-23)20-37(34,35)21-27-10-9-26(31)19-32-27/h4-11,18-19H,12-17,20-21H2,1-3H3. The van der Waals surface area contributed by atoms with Gasteiger partial charge in [0.1, 0.15) is 17.2 Å². The molecule has 3 heterocycles. The molecule has 0 aliphatic carbocycles. The van der Waals surface area contributed by atoms with Crippen molar-refractivity contribution in [1.29, 1.82) is 0 Å². The lowest BCUT2D eigenvalue weighted by Crippen LogP contribution is -2.54. The van der Waals surface area contributed by atoms with E-state index in [1.165, 1.54) is 17.7 Å². The quantitative estimate of drug-likeness (QED) is 0.414. The number of fused-ring (bicyclic) bond motifs is 1. The van der Waals surface area contributed by atoms with Crippen LogP contribution in [0.5, 0.6) is 5.75 Å². The normalized spacial score (nSPS) is 17.8. The van der Waals surface area contributed by atoms with Crippen molar-refractivity contribution >= 4 is 9.84 Å². The van der Waals surface area contributed by atoms with Crippen molar-refractivity contribution in [3.63, 3.8) is 0 Å². The number of hydrogen-bond donors (Lipinski definition) is 0. The van der Waals surface area contributed by atoms with E-state index < -0.39 is 15.7 Å². The molecule has 0 atom stereocenters. The highest BCUT2D eigenvalue weighted by Crippen LogP contribution is 2.41. The van der Waals surface area contributed by atoms with Gasteiger partial charge in [-0.2, -0.15) is 0 Å². The molecule has 2 aliphatic rings. The summed E-state index contributed by atoms with van der Waals surface area (Å²) >= 11 is 0. The predicted octanol–water partition coefficient (Wildman–Crippen LogP) is 5.96. The first kappa shape index (κ1) is 25.9. The van der Waals surface area contributed by atoms with Gasteiger partial charge in [-0.15, -0.1) is 0 Å². The first-order chi connectivity index (χ1) is 17.5. The maximum absolute atomic E-state index is 13.0. The van der Waals surface area contributed by atoms with Crippen LogP contribution in [0.4, 0.5) is 4.39 Å². The van der Waals surface area contributed by atoms with Gasteiger partial charge in [0, 0.05) is 18.6 Å². The van der Waals surface area contributed by atoms with Crippen LogP contribution in [0.2, 0.25) is 0 Å². The maximum Gasteiger partial charge on any atom is 0.160 e. The second-order valence-corrected chi connectivity index (χ2v) is 13.5. The number of pyridine rings is 1. The maximum atomic E-state index is 13.0. The van der Waals surface area contributed by atoms with E-state index in [1.54, 1.807) is 0 Å². The number of ether oxygens (including phenoxy) is 1. The molecule has 1 aromatic heterocycles. The Labute approximate surface area is 219 Å². The minimum Gasteiger partial charge on any atom is -0.487 e. The fourth-order valence-electron chi connectivity index (χ4n) is 5.45. The van der Waals surface area contributed by atoms with Gasteiger partial charge in [0.15, 0.2) is 9.84 Å². The molecule has 2 aliphatic heterocycles. The van der Waals surface area contributed by atoms with Gasteiger partial charge in [-0.25, -0.2) is 12.8 Å². The van der Waals surface area contributed by atoms with Crippen LogP contribution in [-0.2, 0) is 27.8 Å². The largest absolute Gasteiger partial charge is 0.487 e. The number of hydrogen-bond acceptors (Lipinski definition) is 5. The minimum atomic E-state index is -3.42. The van der Waals surface area contributed by atoms with Crippen molar-refractivity contribution in [3.8, 4) is 16.9 Å². The summed E-state index contributed by atoms with van der Waals surface area (Å²) in [6.07, 6.45) is 5.21. The molecule has 3 aromatic rings. The van der Waals surface area contributed by atoms with Crippen molar-refractivity contribution in [2.45, 2.75) is 69.1 Å². The van der Waals surface area contributed by atoms with Crippen LogP contribution in [0.15, 0.2) is 60.8 Å². The van der Waals surface area contributed by atoms with E-state index in [9.17, 15) is 12.8 Å². The molecule has 5 rings (SSSR count). The highest BCUT2D eigenvalue weighted by atomic mass is 32.2. The zero-order valence-corrected chi connectivity index (χ0v) is 22.7. The summed E-state index contributed by atoms with van der Waals surface area (Å²) in [5, 5.41) is 0. The number of rotatable bonds is 5. The Morgan fingerprint density at radius 3 is 2.30 bits per heavy atom. The monoisotopic (exact) mass is 522 g/mol. The third-order valence-corrected chi connectivity index (χ3v) is 9.20. The third kappa shape index (κ3) is 6.04. The number of benzene rings is 2. The molecule has 37 heavy (non-hydrogen) atoms. The van der Waals surface area contributed by atoms with Crippen LogP contribution >= 0.6 is 0 Å². The smallest absolute Gasteiger partial charge is 0.160 e. The van der Waals surface area contributed by atoms with Gasteiger partial charge in [-0.05, 0) is 93.0 Å². The summed E-state index contributed by atoms with van der Waals surface area (Å²) in [6, 6.07) is 16.7. The average molecular weight is 523 g/mol. The first-order valence-corrected chi connectivity index (χ1v) is 14.8. The van der Waals surface area contributed by atoms with Gasteiger partial charge in [0.05, 0.1) is 23.4 Å². The van der Waals surface area contributed by atoms with E-state index in [4.69, 9.17) is 4.74 Å². The Bertz CT molecular complexity index is 1360. The van der Waals surface area contributed by atoms with Crippen molar-refractivity contribution in [2.75, 3.05) is 13.1 Å². The second-order valence-electron chi connectivity index (χ2n) is 11.5. The highest BCUT2D eigenvalue weighted by Gasteiger charge is 2.41. The van der Waals surface area contributed by atoms with Gasteiger partial charge in [-0.1, -0.05) is 30.3 Å². The van der Waals surface area contributed by atoms with E-state index >= 15 is 0 Å². The SMILES string of the molecule is CC(C)(C)N1CCC2(CCc3cc(-c4ccc(CS(=O)(=O)Cc5ccc(F)cn5)cc4)ccc3O2)CC1. The van der Waals surface area contributed by atoms with E-state index in [0.29, 0.717) is 5.69 Å². The lowest BCUT2D eigenvalue weighted by atomic mass is 9.81. The third-order valence-electron chi connectivity index (χ3n) is 7.69. The van der Waals surface area contributed by atoms with Gasteiger partial charge >= 0.3 is 0 Å². The predicted molar refractivity (Wildman–Crippen MR) is 145 cm³/mol. The van der Waals surface area contributed by atoms with Crippen LogP contribution in [0, 0.1) is 5.82 Å². The average Bonchev–Trinajstić information content (AvgIpc) is 2.85. The lowest BCUT2D eigenvalue weighted by molar-refractivity contribution is -0.0355. The van der Waals surface area contributed by atoms with Gasteiger partial charge in [0.2, 0.25) is 0 Å². The molecule has 0 saturated carbocycles. The molecule has 1 saturated heterocycles. The minimum absolute atomic E-state index is 0.0488. The number of aromatic nitrogens is 1. The Morgan fingerprint density at radius 1 is 0.946 bits per heavy atom. The molecule has 0 N–H and O–H groups in total. The number of nitrogens with zero attached hydrogens (tertiary/aromatic N) is 2. The molecule has 0 radical (unpaired) electrons. The van der Waals surface area contributed by atoms with E-state index in [1.807, 2.05) is 24.3 Å². The van der Waals surface area contributed by atoms with Crippen LogP contribution in [0.3, 0.4) is 0 Å². The second kappa shape index (κ2) is 9.84. The van der Waals surface area contributed by atoms with E-state index in [2.05, 4.69) is 48.9 Å². The molecule has 2 aromatic carbocycles. The summed E-state index contributed by atoms with van der Waals surface area (Å²) < 4.78 is 44.9. The Balaban J connectivity index is 1.24. The topological polar surface area (TPSA) is 59.5 Å². The van der Waals surface area contributed by atoms with Crippen LogP contribution in [0.1, 0.15) is 56.9 Å². The van der Waals surface area contributed by atoms with Crippen molar-refractivity contribution in [2.24, 2.45) is 0 Å². The molecule has 0 unspecified atom stereocenters. The van der Waals surface area contributed by atoms with E-state index in [-0.39, 0.29) is 22.6 Å². The number of halogens is 1. The number of likely N-dealkylation sites (tertiary alicyclic amines) is 1. The molecule has 196 valence electrons. The fourth-order valence-corrected chi connectivity index (χ4v) is 6.88. The summed E-state index contributed by atoms with van der Waals surface area (Å²) in [6.45, 7) is 8.97. The molecule has 5 nitrogen and oxygen atoms in total. The number of aryl methyl sites for hydroxylation is 1. The Morgan fingerprint density at radius 2 is 1.65 bits per heavy atom. The zero-order chi connectivity index (χ0) is 26.3. The first-order valence-electron chi connectivity index (χ1n) is 13.0. The van der Waals surface area contributed by atoms with Crippen LogP contribution in [-0.4, -0.2) is 42.5 Å². The zero-order valence-electron chi connectivity index (χ0n) is 21.8. The number of sulfone groups is 1. The Kier molecular flexibility index (Phi) is 6.88. The van der Waals surface area contributed by atoms with Crippen LogP contribution in [0.25, 0.3) is 11.1 Å². The Hall–Kier alpha value is -2.77. The van der Waals surface area contributed by atoms with Crippen LogP contribution < -0.4 is 4.74 Å². The molecular weight excluding hydrogens is 487 g/mol. The molecule has 0 bridgehead atoms.